The lowest BCUT2D eigenvalue weighted by Gasteiger charge is -2.42. The third-order valence-electron chi connectivity index (χ3n) is 4.93. The highest BCUT2D eigenvalue weighted by Gasteiger charge is 2.45. The van der Waals surface area contributed by atoms with Crippen molar-refractivity contribution >= 4 is 29.2 Å². The van der Waals surface area contributed by atoms with Crippen molar-refractivity contribution in [3.63, 3.8) is 0 Å². The molecule has 2 atom stereocenters. The van der Waals surface area contributed by atoms with Gasteiger partial charge in [-0.05, 0) is 51.7 Å². The molecule has 0 radical (unpaired) electrons. The molecular formula is C20H24N2O4. The summed E-state index contributed by atoms with van der Waals surface area (Å²) in [5.41, 5.74) is 0.0869. The molecule has 0 saturated carbocycles. The zero-order valence-electron chi connectivity index (χ0n) is 15.3. The van der Waals surface area contributed by atoms with Crippen molar-refractivity contribution in [3.8, 4) is 0 Å². The van der Waals surface area contributed by atoms with Crippen molar-refractivity contribution in [2.45, 2.75) is 51.7 Å². The van der Waals surface area contributed by atoms with Gasteiger partial charge in [-0.2, -0.15) is 0 Å². The number of hydrogen-bond donors (Lipinski definition) is 1. The van der Waals surface area contributed by atoms with Gasteiger partial charge in [0.15, 0.2) is 6.10 Å². The molecule has 1 N–H and O–H groups in total. The molecule has 0 spiro atoms. The number of carbonyl (C=O) groups excluding carboxylic acids is 3. The highest BCUT2D eigenvalue weighted by atomic mass is 16.5. The molecule has 138 valence electrons. The van der Waals surface area contributed by atoms with Crippen molar-refractivity contribution in [1.82, 2.24) is 0 Å². The minimum absolute atomic E-state index is 0.183. The maximum atomic E-state index is 13.0. The van der Waals surface area contributed by atoms with Crippen LogP contribution in [0, 0.1) is 5.92 Å². The van der Waals surface area contributed by atoms with Crippen molar-refractivity contribution in [2.75, 3.05) is 10.2 Å². The van der Waals surface area contributed by atoms with Crippen LogP contribution in [0.4, 0.5) is 11.4 Å². The van der Waals surface area contributed by atoms with E-state index in [4.69, 9.17) is 4.74 Å². The summed E-state index contributed by atoms with van der Waals surface area (Å²) >= 11 is 0. The van der Waals surface area contributed by atoms with Crippen LogP contribution >= 0.6 is 0 Å². The van der Waals surface area contributed by atoms with Gasteiger partial charge in [0.1, 0.15) is 5.54 Å². The minimum Gasteiger partial charge on any atom is -0.453 e. The number of para-hydroxylation sites is 2. The molecule has 3 rings (SSSR count). The van der Waals surface area contributed by atoms with Crippen LogP contribution in [0.3, 0.4) is 0 Å². The second-order valence-electron chi connectivity index (χ2n) is 7.31. The van der Waals surface area contributed by atoms with Gasteiger partial charge in [-0.3, -0.25) is 19.3 Å². The lowest BCUT2D eigenvalue weighted by Crippen LogP contribution is -2.60. The molecule has 0 saturated heterocycles. The average Bonchev–Trinajstić information content (AvgIpc) is 3.08. The van der Waals surface area contributed by atoms with Crippen molar-refractivity contribution in [1.29, 1.82) is 0 Å². The van der Waals surface area contributed by atoms with Gasteiger partial charge >= 0.3 is 5.97 Å². The summed E-state index contributed by atoms with van der Waals surface area (Å²) in [5.74, 6) is -0.899. The molecule has 0 bridgehead atoms. The van der Waals surface area contributed by atoms with Gasteiger partial charge in [-0.15, -0.1) is 0 Å². The molecule has 1 aliphatic heterocycles. The smallest absolute Gasteiger partial charge is 0.307 e. The number of rotatable bonds is 4. The van der Waals surface area contributed by atoms with Crippen LogP contribution in [0.5, 0.6) is 0 Å². The SMILES string of the molecule is C[C@@H](OC(=O)C[C@H]1C=CCC1)C(=O)N1c2ccccc2NC(=O)C1(C)C. The Morgan fingerprint density at radius 1 is 1.35 bits per heavy atom. The topological polar surface area (TPSA) is 75.7 Å². The van der Waals surface area contributed by atoms with Crippen molar-refractivity contribution < 1.29 is 19.1 Å². The highest BCUT2D eigenvalue weighted by Crippen LogP contribution is 2.37. The molecule has 1 aromatic rings. The Morgan fingerprint density at radius 2 is 2.08 bits per heavy atom. The Labute approximate surface area is 153 Å². The zero-order chi connectivity index (χ0) is 18.9. The molecule has 1 aromatic carbocycles. The number of hydrogen-bond acceptors (Lipinski definition) is 4. The van der Waals surface area contributed by atoms with E-state index in [-0.39, 0.29) is 18.2 Å². The predicted octanol–water partition coefficient (Wildman–Crippen LogP) is 3.04. The Morgan fingerprint density at radius 3 is 2.77 bits per heavy atom. The molecule has 6 heteroatoms. The molecule has 26 heavy (non-hydrogen) atoms. The molecule has 0 aromatic heterocycles. The first-order valence-electron chi connectivity index (χ1n) is 8.91. The van der Waals surface area contributed by atoms with Gasteiger partial charge in [0.05, 0.1) is 17.8 Å². The Hall–Kier alpha value is -2.63. The summed E-state index contributed by atoms with van der Waals surface area (Å²) < 4.78 is 5.38. The van der Waals surface area contributed by atoms with Crippen LogP contribution in [0.25, 0.3) is 0 Å². The van der Waals surface area contributed by atoms with Crippen LogP contribution in [-0.4, -0.2) is 29.4 Å². The molecule has 2 aliphatic rings. The summed E-state index contributed by atoms with van der Waals surface area (Å²) in [6, 6.07) is 7.10. The summed E-state index contributed by atoms with van der Waals surface area (Å²) in [5, 5.41) is 2.81. The molecule has 2 amide bonds. The number of benzene rings is 1. The normalized spacial score (nSPS) is 21.7. The average molecular weight is 356 g/mol. The maximum absolute atomic E-state index is 13.0. The number of amides is 2. The van der Waals surface area contributed by atoms with Gasteiger partial charge < -0.3 is 10.1 Å². The van der Waals surface area contributed by atoms with Crippen LogP contribution in [0.1, 0.15) is 40.0 Å². The number of fused-ring (bicyclic) bond motifs is 1. The van der Waals surface area contributed by atoms with Crippen LogP contribution < -0.4 is 10.2 Å². The summed E-state index contributed by atoms with van der Waals surface area (Å²) in [6.45, 7) is 4.90. The maximum Gasteiger partial charge on any atom is 0.307 e. The summed E-state index contributed by atoms with van der Waals surface area (Å²) in [7, 11) is 0. The van der Waals surface area contributed by atoms with E-state index < -0.39 is 23.5 Å². The second-order valence-corrected chi connectivity index (χ2v) is 7.31. The quantitative estimate of drug-likeness (QED) is 0.665. The standard InChI is InChI=1S/C20H24N2O4/c1-13(26-17(23)12-14-8-4-5-9-14)18(24)22-16-11-7-6-10-15(16)21-19(25)20(22,2)3/h4,6-8,10-11,13-14H,5,9,12H2,1-3H3,(H,21,25)/t13-,14+/m1/s1. The fraction of sp³-hybridized carbons (Fsp3) is 0.450. The Kier molecular flexibility index (Phi) is 4.85. The van der Waals surface area contributed by atoms with Crippen molar-refractivity contribution in [3.05, 3.63) is 36.4 Å². The number of esters is 1. The fourth-order valence-corrected chi connectivity index (χ4v) is 3.40. The first-order valence-corrected chi connectivity index (χ1v) is 8.91. The first kappa shape index (κ1) is 18.2. The van der Waals surface area contributed by atoms with E-state index in [1.165, 1.54) is 4.90 Å². The van der Waals surface area contributed by atoms with Crippen molar-refractivity contribution in [2.24, 2.45) is 5.92 Å². The predicted molar refractivity (Wildman–Crippen MR) is 98.7 cm³/mol. The largest absolute Gasteiger partial charge is 0.453 e. The molecule has 1 heterocycles. The molecule has 0 unspecified atom stereocenters. The van der Waals surface area contributed by atoms with Gasteiger partial charge in [0.2, 0.25) is 5.91 Å². The fourth-order valence-electron chi connectivity index (χ4n) is 3.40. The summed E-state index contributed by atoms with van der Waals surface area (Å²) in [4.78, 5) is 39.1. The molecule has 6 nitrogen and oxygen atoms in total. The lowest BCUT2D eigenvalue weighted by atomic mass is 9.95. The van der Waals surface area contributed by atoms with E-state index in [0.29, 0.717) is 11.4 Å². The lowest BCUT2D eigenvalue weighted by molar-refractivity contribution is -0.155. The van der Waals surface area contributed by atoms with Gasteiger partial charge in [0.25, 0.3) is 5.91 Å². The first-order chi connectivity index (χ1) is 12.3. The number of ether oxygens (including phenoxy) is 1. The Balaban J connectivity index is 1.77. The number of nitrogens with zero attached hydrogens (tertiary/aromatic N) is 1. The molecule has 0 fully saturated rings. The monoisotopic (exact) mass is 356 g/mol. The third kappa shape index (κ3) is 3.36. The second kappa shape index (κ2) is 6.94. The van der Waals surface area contributed by atoms with E-state index in [2.05, 4.69) is 11.4 Å². The summed E-state index contributed by atoms with van der Waals surface area (Å²) in [6.07, 6.45) is 5.28. The number of allylic oxidation sites excluding steroid dienone is 2. The highest BCUT2D eigenvalue weighted by molar-refractivity contribution is 6.15. The van der Waals surface area contributed by atoms with Crippen LogP contribution in [0.15, 0.2) is 36.4 Å². The van der Waals surface area contributed by atoms with Gasteiger partial charge in [0, 0.05) is 0 Å². The van der Waals surface area contributed by atoms with E-state index in [0.717, 1.165) is 12.8 Å². The Bertz CT molecular complexity index is 769. The molecular weight excluding hydrogens is 332 g/mol. The van der Waals surface area contributed by atoms with Gasteiger partial charge in [-0.1, -0.05) is 24.3 Å². The van der Waals surface area contributed by atoms with E-state index in [9.17, 15) is 14.4 Å². The van der Waals surface area contributed by atoms with Crippen LogP contribution in [0.2, 0.25) is 0 Å². The number of nitrogens with one attached hydrogen (secondary N) is 1. The molecule has 1 aliphatic carbocycles. The van der Waals surface area contributed by atoms with Crippen LogP contribution in [-0.2, 0) is 19.1 Å². The van der Waals surface area contributed by atoms with E-state index in [1.807, 2.05) is 6.08 Å². The van der Waals surface area contributed by atoms with E-state index in [1.54, 1.807) is 45.0 Å². The minimum atomic E-state index is -1.08. The number of anilines is 2. The zero-order valence-corrected chi connectivity index (χ0v) is 15.3. The van der Waals surface area contributed by atoms with E-state index >= 15 is 0 Å². The third-order valence-corrected chi connectivity index (χ3v) is 4.93. The number of carbonyl (C=O) groups is 3. The van der Waals surface area contributed by atoms with Gasteiger partial charge in [-0.25, -0.2) is 0 Å².